The van der Waals surface area contributed by atoms with E-state index in [2.05, 4.69) is 43.5 Å². The van der Waals surface area contributed by atoms with E-state index in [0.717, 1.165) is 26.9 Å². The lowest BCUT2D eigenvalue weighted by molar-refractivity contribution is 0.746. The first-order chi connectivity index (χ1) is 7.19. The molecule has 1 N–H and O–H groups in total. The lowest BCUT2D eigenvalue weighted by Gasteiger charge is -1.98. The lowest BCUT2D eigenvalue weighted by atomic mass is 10.3. The summed E-state index contributed by atoms with van der Waals surface area (Å²) in [5.41, 5.74) is 2.02. The van der Waals surface area contributed by atoms with Crippen molar-refractivity contribution in [2.45, 2.75) is 13.3 Å². The summed E-state index contributed by atoms with van der Waals surface area (Å²) >= 11 is 4.73. The Morgan fingerprint density at radius 2 is 2.33 bits per heavy atom. The maximum atomic E-state index is 4.33. The first-order valence-electron chi connectivity index (χ1n) is 4.47. The minimum atomic E-state index is 0.768. The third-order valence-corrected chi connectivity index (χ3v) is 3.15. The van der Waals surface area contributed by atoms with E-state index in [1.807, 2.05) is 13.2 Å². The van der Waals surface area contributed by atoms with E-state index in [1.54, 1.807) is 4.68 Å². The fourth-order valence-corrected chi connectivity index (χ4v) is 2.29. The molecular formula is C8H10BrN5S. The first kappa shape index (κ1) is 10.6. The molecule has 2 aromatic heterocycles. The Balaban J connectivity index is 2.23. The Morgan fingerprint density at radius 1 is 1.53 bits per heavy atom. The highest BCUT2D eigenvalue weighted by Crippen LogP contribution is 2.25. The van der Waals surface area contributed by atoms with Gasteiger partial charge in [-0.3, -0.25) is 4.68 Å². The van der Waals surface area contributed by atoms with Crippen molar-refractivity contribution in [1.29, 1.82) is 0 Å². The summed E-state index contributed by atoms with van der Waals surface area (Å²) in [5, 5.41) is 16.1. The highest BCUT2D eigenvalue weighted by atomic mass is 79.9. The van der Waals surface area contributed by atoms with E-state index in [1.165, 1.54) is 11.3 Å². The third-order valence-electron chi connectivity index (χ3n) is 1.88. The summed E-state index contributed by atoms with van der Waals surface area (Å²) in [6.45, 7) is 2.07. The van der Waals surface area contributed by atoms with Crippen LogP contribution >= 0.6 is 27.3 Å². The van der Waals surface area contributed by atoms with Gasteiger partial charge in [-0.25, -0.2) is 0 Å². The van der Waals surface area contributed by atoms with Crippen LogP contribution in [-0.2, 0) is 13.5 Å². The quantitative estimate of drug-likeness (QED) is 0.942. The van der Waals surface area contributed by atoms with E-state index in [9.17, 15) is 0 Å². The molecule has 15 heavy (non-hydrogen) atoms. The van der Waals surface area contributed by atoms with Crippen molar-refractivity contribution in [3.05, 3.63) is 15.8 Å². The van der Waals surface area contributed by atoms with Crippen LogP contribution in [0.4, 0.5) is 10.8 Å². The average molecular weight is 288 g/mol. The Kier molecular flexibility index (Phi) is 3.01. The number of nitrogens with zero attached hydrogens (tertiary/aromatic N) is 4. The molecule has 80 valence electrons. The van der Waals surface area contributed by atoms with Crippen LogP contribution < -0.4 is 5.32 Å². The van der Waals surface area contributed by atoms with Crippen LogP contribution in [0.2, 0.25) is 0 Å². The van der Waals surface area contributed by atoms with Crippen molar-refractivity contribution < 1.29 is 0 Å². The second-order valence-corrected chi connectivity index (χ2v) is 5.26. The van der Waals surface area contributed by atoms with Gasteiger partial charge in [0.05, 0.1) is 11.4 Å². The Labute approximate surface area is 99.7 Å². The highest BCUT2D eigenvalue weighted by Gasteiger charge is 2.08. The van der Waals surface area contributed by atoms with Crippen molar-refractivity contribution in [1.82, 2.24) is 20.0 Å². The Morgan fingerprint density at radius 3 is 2.93 bits per heavy atom. The smallest absolute Gasteiger partial charge is 0.210 e. The normalized spacial score (nSPS) is 10.6. The first-order valence-corrected chi connectivity index (χ1v) is 6.08. The molecule has 0 atom stereocenters. The molecule has 0 fully saturated rings. The SMILES string of the molecule is CCc1nn(C)cc1Nc1nnc(Br)s1. The van der Waals surface area contributed by atoms with Gasteiger partial charge >= 0.3 is 0 Å². The van der Waals surface area contributed by atoms with Crippen LogP contribution in [0.15, 0.2) is 10.1 Å². The van der Waals surface area contributed by atoms with Gasteiger partial charge in [0.2, 0.25) is 5.13 Å². The van der Waals surface area contributed by atoms with Gasteiger partial charge in [-0.05, 0) is 22.4 Å². The predicted octanol–water partition coefficient (Wildman–Crippen LogP) is 2.34. The predicted molar refractivity (Wildman–Crippen MR) is 63.5 cm³/mol. The van der Waals surface area contributed by atoms with Crippen molar-refractivity contribution in [3.63, 3.8) is 0 Å². The number of hydrogen-bond acceptors (Lipinski definition) is 5. The fraction of sp³-hybridized carbons (Fsp3) is 0.375. The zero-order chi connectivity index (χ0) is 10.8. The van der Waals surface area contributed by atoms with Gasteiger partial charge in [0.15, 0.2) is 3.92 Å². The van der Waals surface area contributed by atoms with Crippen molar-refractivity contribution in [2.75, 3.05) is 5.32 Å². The molecule has 7 heteroatoms. The largest absolute Gasteiger partial charge is 0.327 e. The summed E-state index contributed by atoms with van der Waals surface area (Å²) in [6, 6.07) is 0. The number of aryl methyl sites for hydroxylation is 2. The number of halogens is 1. The van der Waals surface area contributed by atoms with Crippen LogP contribution in [0.5, 0.6) is 0 Å². The number of rotatable bonds is 3. The number of aromatic nitrogens is 4. The van der Waals surface area contributed by atoms with E-state index < -0.39 is 0 Å². The molecule has 0 amide bonds. The second-order valence-electron chi connectivity index (χ2n) is 3.00. The second kappa shape index (κ2) is 4.28. The Bertz CT molecular complexity index is 463. The van der Waals surface area contributed by atoms with E-state index in [4.69, 9.17) is 0 Å². The van der Waals surface area contributed by atoms with Gasteiger partial charge in [0.25, 0.3) is 0 Å². The van der Waals surface area contributed by atoms with Crippen LogP contribution in [0.1, 0.15) is 12.6 Å². The standard InChI is InChI=1S/C8H10BrN5S/c1-3-5-6(4-14(2)13-5)10-8-12-11-7(9)15-8/h4H,3H2,1-2H3,(H,10,12). The summed E-state index contributed by atoms with van der Waals surface area (Å²) in [5.74, 6) is 0. The van der Waals surface area contributed by atoms with E-state index >= 15 is 0 Å². The molecule has 0 saturated carbocycles. The van der Waals surface area contributed by atoms with Gasteiger partial charge in [0.1, 0.15) is 0 Å². The molecule has 0 aliphatic heterocycles. The molecule has 0 aliphatic rings. The summed E-state index contributed by atoms with van der Waals surface area (Å²) < 4.78 is 2.56. The molecule has 0 spiro atoms. The monoisotopic (exact) mass is 287 g/mol. The molecule has 0 aromatic carbocycles. The number of nitrogens with one attached hydrogen (secondary N) is 1. The molecule has 5 nitrogen and oxygen atoms in total. The maximum Gasteiger partial charge on any atom is 0.210 e. The molecule has 0 unspecified atom stereocenters. The summed E-state index contributed by atoms with van der Waals surface area (Å²) in [7, 11) is 1.90. The van der Waals surface area contributed by atoms with Crippen molar-refractivity contribution in [2.24, 2.45) is 7.05 Å². The molecule has 2 aromatic rings. The molecule has 0 saturated heterocycles. The molecule has 0 bridgehead atoms. The van der Waals surface area contributed by atoms with Gasteiger partial charge in [-0.15, -0.1) is 10.2 Å². The van der Waals surface area contributed by atoms with Gasteiger partial charge < -0.3 is 5.32 Å². The number of anilines is 2. The van der Waals surface area contributed by atoms with E-state index in [0.29, 0.717) is 0 Å². The third kappa shape index (κ3) is 2.35. The van der Waals surface area contributed by atoms with Crippen LogP contribution in [-0.4, -0.2) is 20.0 Å². The zero-order valence-electron chi connectivity index (χ0n) is 8.36. The summed E-state index contributed by atoms with van der Waals surface area (Å²) in [6.07, 6.45) is 2.83. The Hall–Kier alpha value is -0.950. The lowest BCUT2D eigenvalue weighted by Crippen LogP contribution is -1.92. The molecule has 2 rings (SSSR count). The van der Waals surface area contributed by atoms with Crippen molar-refractivity contribution >= 4 is 38.1 Å². The number of hydrogen-bond donors (Lipinski definition) is 1. The van der Waals surface area contributed by atoms with Gasteiger partial charge in [0, 0.05) is 13.2 Å². The minimum absolute atomic E-state index is 0.768. The molecular weight excluding hydrogens is 278 g/mol. The zero-order valence-corrected chi connectivity index (χ0v) is 10.8. The van der Waals surface area contributed by atoms with Crippen LogP contribution in [0.25, 0.3) is 0 Å². The summed E-state index contributed by atoms with van der Waals surface area (Å²) in [4.78, 5) is 0. The highest BCUT2D eigenvalue weighted by molar-refractivity contribution is 9.11. The maximum absolute atomic E-state index is 4.33. The molecule has 0 aliphatic carbocycles. The average Bonchev–Trinajstić information content (AvgIpc) is 2.73. The molecule has 0 radical (unpaired) electrons. The van der Waals surface area contributed by atoms with Gasteiger partial charge in [-0.2, -0.15) is 5.10 Å². The van der Waals surface area contributed by atoms with Crippen LogP contribution in [0.3, 0.4) is 0 Å². The van der Waals surface area contributed by atoms with Crippen LogP contribution in [0, 0.1) is 0 Å². The topological polar surface area (TPSA) is 55.6 Å². The molecule has 2 heterocycles. The van der Waals surface area contributed by atoms with E-state index in [-0.39, 0.29) is 0 Å². The van der Waals surface area contributed by atoms with Gasteiger partial charge in [-0.1, -0.05) is 18.3 Å². The van der Waals surface area contributed by atoms with Crippen molar-refractivity contribution in [3.8, 4) is 0 Å². The minimum Gasteiger partial charge on any atom is -0.327 e. The fourth-order valence-electron chi connectivity index (χ4n) is 1.27.